The minimum Gasteiger partial charge on any atom is -0.439 e. The number of ether oxygens (including phenoxy) is 1. The molecule has 0 spiro atoms. The zero-order valence-electron chi connectivity index (χ0n) is 17.2. The number of benzene rings is 1. The fourth-order valence-electron chi connectivity index (χ4n) is 3.21. The van der Waals surface area contributed by atoms with Gasteiger partial charge in [0.2, 0.25) is 5.88 Å². The van der Waals surface area contributed by atoms with Crippen LogP contribution in [-0.4, -0.2) is 25.8 Å². The van der Waals surface area contributed by atoms with Gasteiger partial charge in [-0.05, 0) is 50.2 Å². The van der Waals surface area contributed by atoms with Crippen molar-refractivity contribution < 1.29 is 14.1 Å². The van der Waals surface area contributed by atoms with Crippen LogP contribution in [0.2, 0.25) is 5.02 Å². The van der Waals surface area contributed by atoms with Crippen LogP contribution in [0.1, 0.15) is 27.5 Å². The second-order valence-electron chi connectivity index (χ2n) is 6.91. The van der Waals surface area contributed by atoms with Crippen molar-refractivity contribution in [3.63, 3.8) is 0 Å². The van der Waals surface area contributed by atoms with Crippen LogP contribution in [0, 0.1) is 13.8 Å². The van der Waals surface area contributed by atoms with Gasteiger partial charge in [0, 0.05) is 18.3 Å². The van der Waals surface area contributed by atoms with Crippen LogP contribution < -0.4 is 10.1 Å². The molecule has 158 valence electrons. The molecule has 0 saturated carbocycles. The molecule has 0 radical (unpaired) electrons. The standard InChI is InChI=1S/C22H20ClN5O3/c1-13-18(22(28(3)26-13)30-17-9-7-15(23)8-10-17)20-19(14(2)31-27-20)21(29)25-12-16-6-4-5-11-24-16/h4-11H,12H2,1-3H3,(H,25,29). The zero-order valence-corrected chi connectivity index (χ0v) is 18.0. The first-order chi connectivity index (χ1) is 14.9. The van der Waals surface area contributed by atoms with Gasteiger partial charge in [0.15, 0.2) is 0 Å². The third-order valence-corrected chi connectivity index (χ3v) is 4.93. The predicted molar refractivity (Wildman–Crippen MR) is 115 cm³/mol. The molecule has 0 fully saturated rings. The van der Waals surface area contributed by atoms with Crippen LogP contribution >= 0.6 is 11.6 Å². The highest BCUT2D eigenvalue weighted by molar-refractivity contribution is 6.30. The summed E-state index contributed by atoms with van der Waals surface area (Å²) < 4.78 is 13.0. The van der Waals surface area contributed by atoms with Crippen molar-refractivity contribution in [3.8, 4) is 22.9 Å². The predicted octanol–water partition coefficient (Wildman–Crippen LogP) is 4.46. The van der Waals surface area contributed by atoms with Crippen LogP contribution in [0.25, 0.3) is 11.3 Å². The number of hydrogen-bond acceptors (Lipinski definition) is 6. The van der Waals surface area contributed by atoms with Crippen molar-refractivity contribution in [1.29, 1.82) is 0 Å². The first kappa shape index (κ1) is 20.6. The molecule has 0 aliphatic heterocycles. The number of halogens is 1. The number of aryl methyl sites for hydroxylation is 3. The minimum absolute atomic E-state index is 0.282. The van der Waals surface area contributed by atoms with Gasteiger partial charge >= 0.3 is 0 Å². The van der Waals surface area contributed by atoms with Crippen LogP contribution in [0.15, 0.2) is 53.2 Å². The molecule has 0 unspecified atom stereocenters. The van der Waals surface area contributed by atoms with E-state index in [0.717, 1.165) is 5.69 Å². The van der Waals surface area contributed by atoms with E-state index in [1.54, 1.807) is 49.1 Å². The number of nitrogens with zero attached hydrogens (tertiary/aromatic N) is 4. The third-order valence-electron chi connectivity index (χ3n) is 4.68. The fraction of sp³-hybridized carbons (Fsp3) is 0.182. The molecule has 3 heterocycles. The molecular weight excluding hydrogens is 418 g/mol. The maximum atomic E-state index is 13.0. The number of carbonyl (C=O) groups is 1. The lowest BCUT2D eigenvalue weighted by molar-refractivity contribution is 0.0949. The van der Waals surface area contributed by atoms with E-state index in [2.05, 4.69) is 20.6 Å². The molecule has 0 atom stereocenters. The average Bonchev–Trinajstić information content (AvgIpc) is 3.27. The number of rotatable bonds is 6. The second kappa shape index (κ2) is 8.61. The zero-order chi connectivity index (χ0) is 22.0. The van der Waals surface area contributed by atoms with Gasteiger partial charge in [-0.25, -0.2) is 4.68 Å². The summed E-state index contributed by atoms with van der Waals surface area (Å²) in [4.78, 5) is 17.2. The first-order valence-electron chi connectivity index (χ1n) is 9.56. The monoisotopic (exact) mass is 437 g/mol. The van der Waals surface area contributed by atoms with Gasteiger partial charge in [0.25, 0.3) is 5.91 Å². The van der Waals surface area contributed by atoms with Crippen molar-refractivity contribution in [2.45, 2.75) is 20.4 Å². The van der Waals surface area contributed by atoms with E-state index < -0.39 is 0 Å². The largest absolute Gasteiger partial charge is 0.439 e. The molecule has 0 aliphatic carbocycles. The Kier molecular flexibility index (Phi) is 5.73. The molecule has 1 aromatic carbocycles. The molecule has 1 N–H and O–H groups in total. The lowest BCUT2D eigenvalue weighted by Crippen LogP contribution is -2.24. The van der Waals surface area contributed by atoms with E-state index in [0.29, 0.717) is 44.9 Å². The average molecular weight is 438 g/mol. The Morgan fingerprint density at radius 3 is 2.68 bits per heavy atom. The summed E-state index contributed by atoms with van der Waals surface area (Å²) in [5.41, 5.74) is 2.67. The molecule has 1 amide bonds. The Morgan fingerprint density at radius 1 is 1.19 bits per heavy atom. The van der Waals surface area contributed by atoms with Crippen LogP contribution in [0.5, 0.6) is 11.6 Å². The molecule has 9 heteroatoms. The molecule has 31 heavy (non-hydrogen) atoms. The van der Waals surface area contributed by atoms with Crippen LogP contribution in [0.4, 0.5) is 0 Å². The highest BCUT2D eigenvalue weighted by Crippen LogP contribution is 2.37. The van der Waals surface area contributed by atoms with Crippen molar-refractivity contribution in [1.82, 2.24) is 25.2 Å². The Morgan fingerprint density at radius 2 is 1.97 bits per heavy atom. The second-order valence-corrected chi connectivity index (χ2v) is 7.35. The van der Waals surface area contributed by atoms with Crippen molar-refractivity contribution in [2.75, 3.05) is 0 Å². The highest BCUT2D eigenvalue weighted by atomic mass is 35.5. The SMILES string of the molecule is Cc1nn(C)c(Oc2ccc(Cl)cc2)c1-c1noc(C)c1C(=O)NCc1ccccn1. The Hall–Kier alpha value is -3.65. The van der Waals surface area contributed by atoms with E-state index >= 15 is 0 Å². The minimum atomic E-state index is -0.319. The summed E-state index contributed by atoms with van der Waals surface area (Å²) >= 11 is 5.97. The van der Waals surface area contributed by atoms with E-state index in [-0.39, 0.29) is 12.5 Å². The quantitative estimate of drug-likeness (QED) is 0.478. The van der Waals surface area contributed by atoms with Crippen molar-refractivity contribution >= 4 is 17.5 Å². The molecule has 0 aliphatic rings. The topological polar surface area (TPSA) is 95.1 Å². The van der Waals surface area contributed by atoms with Gasteiger partial charge in [-0.3, -0.25) is 9.78 Å². The van der Waals surface area contributed by atoms with Crippen LogP contribution in [-0.2, 0) is 13.6 Å². The molecule has 4 rings (SSSR count). The summed E-state index contributed by atoms with van der Waals surface area (Å²) in [7, 11) is 1.76. The Bertz CT molecular complexity index is 1220. The van der Waals surface area contributed by atoms with E-state index in [1.807, 2.05) is 25.1 Å². The summed E-state index contributed by atoms with van der Waals surface area (Å²) in [6.07, 6.45) is 1.68. The maximum Gasteiger partial charge on any atom is 0.257 e. The molecule has 0 saturated heterocycles. The molecule has 0 bridgehead atoms. The first-order valence-corrected chi connectivity index (χ1v) is 9.93. The van der Waals surface area contributed by atoms with E-state index in [9.17, 15) is 4.79 Å². The number of carbonyl (C=O) groups excluding carboxylic acids is 1. The summed E-state index contributed by atoms with van der Waals surface area (Å²) in [6, 6.07) is 12.5. The van der Waals surface area contributed by atoms with Crippen molar-refractivity contribution in [2.24, 2.45) is 7.05 Å². The molecule has 3 aromatic heterocycles. The number of amides is 1. The van der Waals surface area contributed by atoms with Crippen LogP contribution in [0.3, 0.4) is 0 Å². The van der Waals surface area contributed by atoms with E-state index in [4.69, 9.17) is 20.9 Å². The number of aromatic nitrogens is 4. The highest BCUT2D eigenvalue weighted by Gasteiger charge is 2.28. The lowest BCUT2D eigenvalue weighted by atomic mass is 10.1. The third kappa shape index (κ3) is 4.29. The summed E-state index contributed by atoms with van der Waals surface area (Å²) in [6.45, 7) is 3.80. The van der Waals surface area contributed by atoms with Gasteiger partial charge in [0.05, 0.1) is 23.5 Å². The summed E-state index contributed by atoms with van der Waals surface area (Å²) in [5.74, 6) is 1.09. The van der Waals surface area contributed by atoms with Crippen molar-refractivity contribution in [3.05, 3.63) is 76.4 Å². The maximum absolute atomic E-state index is 13.0. The van der Waals surface area contributed by atoms with Gasteiger partial charge in [-0.1, -0.05) is 22.8 Å². The lowest BCUT2D eigenvalue weighted by Gasteiger charge is -2.09. The van der Waals surface area contributed by atoms with Gasteiger partial charge < -0.3 is 14.6 Å². The number of hydrogen-bond donors (Lipinski definition) is 1. The van der Waals surface area contributed by atoms with E-state index in [1.165, 1.54) is 0 Å². The smallest absolute Gasteiger partial charge is 0.257 e. The summed E-state index contributed by atoms with van der Waals surface area (Å²) in [5, 5.41) is 12.1. The van der Waals surface area contributed by atoms with Gasteiger partial charge in [0.1, 0.15) is 22.8 Å². The molecule has 8 nitrogen and oxygen atoms in total. The number of nitrogens with one attached hydrogen (secondary N) is 1. The number of pyridine rings is 1. The Labute approximate surface area is 183 Å². The Balaban J connectivity index is 1.67. The fourth-order valence-corrected chi connectivity index (χ4v) is 3.34. The molecular formula is C22H20ClN5O3. The van der Waals surface area contributed by atoms with Gasteiger partial charge in [-0.15, -0.1) is 0 Å². The molecule has 4 aromatic rings. The normalized spacial score (nSPS) is 10.8. The van der Waals surface area contributed by atoms with Gasteiger partial charge in [-0.2, -0.15) is 5.10 Å².